The van der Waals surface area contributed by atoms with Gasteiger partial charge < -0.3 is 10.2 Å². The molecule has 0 bridgehead atoms. The maximum absolute atomic E-state index is 13.2. The average Bonchev–Trinajstić information content (AvgIpc) is 3.17. The van der Waals surface area contributed by atoms with Crippen molar-refractivity contribution in [3.8, 4) is 0 Å². The number of carbonyl (C=O) groups excluding carboxylic acids is 1. The number of nitrogens with zero attached hydrogens (tertiary/aromatic N) is 2. The van der Waals surface area contributed by atoms with E-state index in [9.17, 15) is 13.2 Å². The van der Waals surface area contributed by atoms with Crippen LogP contribution in [0.3, 0.4) is 0 Å². The molecule has 1 fully saturated rings. The third-order valence-electron chi connectivity index (χ3n) is 5.23. The zero-order valence-corrected chi connectivity index (χ0v) is 15.1. The van der Waals surface area contributed by atoms with Gasteiger partial charge in [0.15, 0.2) is 0 Å². The minimum absolute atomic E-state index is 0.0922. The Bertz CT molecular complexity index is 971. The van der Waals surface area contributed by atoms with Crippen LogP contribution in [0.5, 0.6) is 0 Å². The van der Waals surface area contributed by atoms with Crippen molar-refractivity contribution < 1.29 is 13.2 Å². The summed E-state index contributed by atoms with van der Waals surface area (Å²) in [6.07, 6.45) is 0.864. The van der Waals surface area contributed by atoms with Crippen LogP contribution in [0, 0.1) is 5.92 Å². The van der Waals surface area contributed by atoms with Crippen LogP contribution in [-0.2, 0) is 10.0 Å². The largest absolute Gasteiger partial charge is 0.319 e. The van der Waals surface area contributed by atoms with Gasteiger partial charge in [0.05, 0.1) is 10.6 Å². The molecule has 7 heteroatoms. The van der Waals surface area contributed by atoms with Crippen LogP contribution in [0.25, 0.3) is 10.8 Å². The quantitative estimate of drug-likeness (QED) is 0.901. The molecule has 6 nitrogen and oxygen atoms in total. The van der Waals surface area contributed by atoms with Gasteiger partial charge in [0.1, 0.15) is 0 Å². The van der Waals surface area contributed by atoms with Crippen molar-refractivity contribution in [3.05, 3.63) is 35.9 Å². The number of carbonyl (C=O) groups is 1. The number of anilines is 1. The van der Waals surface area contributed by atoms with Crippen molar-refractivity contribution >= 4 is 32.4 Å². The normalized spacial score (nSPS) is 20.8. The van der Waals surface area contributed by atoms with Crippen molar-refractivity contribution in [1.82, 2.24) is 9.62 Å². The molecule has 1 amide bonds. The van der Waals surface area contributed by atoms with Crippen LogP contribution in [0.1, 0.15) is 16.8 Å². The van der Waals surface area contributed by atoms with Gasteiger partial charge in [0, 0.05) is 36.5 Å². The number of amides is 1. The van der Waals surface area contributed by atoms with Crippen LogP contribution in [0.4, 0.5) is 5.69 Å². The van der Waals surface area contributed by atoms with Crippen molar-refractivity contribution in [2.45, 2.75) is 11.3 Å². The first kappa shape index (κ1) is 16.5. The van der Waals surface area contributed by atoms with E-state index in [1.807, 2.05) is 7.05 Å². The molecular formula is C18H21N3O3S. The highest BCUT2D eigenvalue weighted by molar-refractivity contribution is 7.89. The van der Waals surface area contributed by atoms with Crippen LogP contribution in [0.2, 0.25) is 0 Å². The van der Waals surface area contributed by atoms with E-state index >= 15 is 0 Å². The molecule has 25 heavy (non-hydrogen) atoms. The molecule has 0 aliphatic carbocycles. The molecule has 4 rings (SSSR count). The Balaban J connectivity index is 1.82. The summed E-state index contributed by atoms with van der Waals surface area (Å²) in [5, 5.41) is 4.49. The average molecular weight is 359 g/mol. The molecule has 1 atom stereocenters. The van der Waals surface area contributed by atoms with Crippen LogP contribution in [0.15, 0.2) is 35.2 Å². The predicted molar refractivity (Wildman–Crippen MR) is 97.5 cm³/mol. The number of nitrogens with one attached hydrogen (secondary N) is 1. The van der Waals surface area contributed by atoms with Crippen molar-refractivity contribution in [1.29, 1.82) is 0 Å². The SMILES string of the molecule is CNCC1CCN(S(=O)(=O)c2ccc3c4c(cccc24)C(=O)N3C)C1. The summed E-state index contributed by atoms with van der Waals surface area (Å²) in [5.74, 6) is 0.245. The molecule has 1 unspecified atom stereocenters. The minimum atomic E-state index is -3.58. The second-order valence-electron chi connectivity index (χ2n) is 6.75. The Labute approximate surface area is 147 Å². The molecule has 0 radical (unpaired) electrons. The maximum atomic E-state index is 13.2. The summed E-state index contributed by atoms with van der Waals surface area (Å²) in [4.78, 5) is 14.2. The second kappa shape index (κ2) is 5.79. The van der Waals surface area contributed by atoms with Gasteiger partial charge >= 0.3 is 0 Å². The second-order valence-corrected chi connectivity index (χ2v) is 8.66. The summed E-state index contributed by atoms with van der Waals surface area (Å²) in [7, 11) is 0.0177. The molecule has 132 valence electrons. The third-order valence-corrected chi connectivity index (χ3v) is 7.16. The number of benzene rings is 2. The summed E-state index contributed by atoms with van der Waals surface area (Å²) in [5.41, 5.74) is 1.34. The summed E-state index contributed by atoms with van der Waals surface area (Å²) in [6, 6.07) is 8.68. The highest BCUT2D eigenvalue weighted by Gasteiger charge is 2.35. The van der Waals surface area contributed by atoms with Gasteiger partial charge in [-0.2, -0.15) is 4.31 Å². The fourth-order valence-corrected chi connectivity index (χ4v) is 5.66. The van der Waals surface area contributed by atoms with Crippen molar-refractivity contribution in [2.75, 3.05) is 38.6 Å². The van der Waals surface area contributed by atoms with Crippen LogP contribution in [-0.4, -0.2) is 52.4 Å². The number of rotatable bonds is 4. The first-order chi connectivity index (χ1) is 11.9. The van der Waals surface area contributed by atoms with Crippen molar-refractivity contribution in [2.24, 2.45) is 5.92 Å². The van der Waals surface area contributed by atoms with Gasteiger partial charge in [-0.1, -0.05) is 12.1 Å². The van der Waals surface area contributed by atoms with Gasteiger partial charge in [-0.05, 0) is 44.1 Å². The lowest BCUT2D eigenvalue weighted by atomic mass is 10.1. The van der Waals surface area contributed by atoms with E-state index in [0.717, 1.165) is 24.0 Å². The highest BCUT2D eigenvalue weighted by atomic mass is 32.2. The van der Waals surface area contributed by atoms with E-state index in [2.05, 4.69) is 5.32 Å². The minimum Gasteiger partial charge on any atom is -0.319 e. The zero-order valence-electron chi connectivity index (χ0n) is 14.3. The van der Waals surface area contributed by atoms with E-state index < -0.39 is 10.0 Å². The van der Waals surface area contributed by atoms with Crippen LogP contribution >= 0.6 is 0 Å². The first-order valence-electron chi connectivity index (χ1n) is 8.43. The summed E-state index contributed by atoms with van der Waals surface area (Å²) in [6.45, 7) is 1.89. The Morgan fingerprint density at radius 3 is 2.80 bits per heavy atom. The maximum Gasteiger partial charge on any atom is 0.258 e. The lowest BCUT2D eigenvalue weighted by molar-refractivity contribution is 0.0999. The molecule has 2 aromatic rings. The Hall–Kier alpha value is -1.96. The molecule has 2 aliphatic heterocycles. The Kier molecular flexibility index (Phi) is 3.82. The van der Waals surface area contributed by atoms with Gasteiger partial charge in [-0.3, -0.25) is 4.79 Å². The highest BCUT2D eigenvalue weighted by Crippen LogP contribution is 2.40. The fraction of sp³-hybridized carbons (Fsp3) is 0.389. The predicted octanol–water partition coefficient (Wildman–Crippen LogP) is 1.66. The molecule has 0 saturated carbocycles. The van der Waals surface area contributed by atoms with E-state index in [1.165, 1.54) is 0 Å². The van der Waals surface area contributed by atoms with Gasteiger partial charge in [0.25, 0.3) is 5.91 Å². The van der Waals surface area contributed by atoms with Crippen molar-refractivity contribution in [3.63, 3.8) is 0 Å². The molecule has 2 heterocycles. The molecular weight excluding hydrogens is 338 g/mol. The molecule has 2 aromatic carbocycles. The lowest BCUT2D eigenvalue weighted by Gasteiger charge is -2.19. The van der Waals surface area contributed by atoms with E-state index in [1.54, 1.807) is 46.6 Å². The monoisotopic (exact) mass is 359 g/mol. The number of sulfonamides is 1. The smallest absolute Gasteiger partial charge is 0.258 e. The zero-order chi connectivity index (χ0) is 17.8. The van der Waals surface area contributed by atoms with Gasteiger partial charge in [-0.15, -0.1) is 0 Å². The third kappa shape index (κ3) is 2.38. The molecule has 1 saturated heterocycles. The summed E-state index contributed by atoms with van der Waals surface area (Å²) < 4.78 is 28.0. The molecule has 0 spiro atoms. The number of hydrogen-bond donors (Lipinski definition) is 1. The topological polar surface area (TPSA) is 69.7 Å². The number of hydrogen-bond acceptors (Lipinski definition) is 4. The standard InChI is InChI=1S/C18H21N3O3S/c1-19-10-12-8-9-21(11-12)25(23,24)16-7-6-15-17-13(16)4-3-5-14(17)18(22)20(15)2/h3-7,12,19H,8-11H2,1-2H3. The van der Waals surface area contributed by atoms with E-state index in [-0.39, 0.29) is 5.91 Å². The molecule has 1 N–H and O–H groups in total. The van der Waals surface area contributed by atoms with E-state index in [0.29, 0.717) is 34.9 Å². The lowest BCUT2D eigenvalue weighted by Crippen LogP contribution is -2.30. The Morgan fingerprint density at radius 2 is 2.04 bits per heavy atom. The molecule has 2 aliphatic rings. The molecule has 0 aromatic heterocycles. The Morgan fingerprint density at radius 1 is 1.24 bits per heavy atom. The van der Waals surface area contributed by atoms with Gasteiger partial charge in [-0.25, -0.2) is 8.42 Å². The van der Waals surface area contributed by atoms with E-state index in [4.69, 9.17) is 0 Å². The fourth-order valence-electron chi connectivity index (χ4n) is 3.94. The summed E-state index contributed by atoms with van der Waals surface area (Å²) >= 11 is 0. The van der Waals surface area contributed by atoms with Gasteiger partial charge in [0.2, 0.25) is 10.0 Å². The van der Waals surface area contributed by atoms with Crippen LogP contribution < -0.4 is 10.2 Å². The first-order valence-corrected chi connectivity index (χ1v) is 9.87.